The van der Waals surface area contributed by atoms with Crippen molar-refractivity contribution in [2.75, 3.05) is 26.0 Å². The van der Waals surface area contributed by atoms with Crippen LogP contribution in [0.1, 0.15) is 36.0 Å². The molecule has 0 aromatic heterocycles. The van der Waals surface area contributed by atoms with Crippen LogP contribution in [0, 0.1) is 5.92 Å². The van der Waals surface area contributed by atoms with E-state index in [9.17, 15) is 18.4 Å². The standard InChI is InChI=1S/C17H21ClF2N2O3/c1-22(10-11-5-7-17(19,20)8-6-11)16(24)21-14-4-3-12(18)9-13(14)15(23)25-2/h3-4,9,11H,5-8,10H2,1-2H3,(H,21,24). The van der Waals surface area contributed by atoms with E-state index in [1.165, 1.54) is 24.1 Å². The van der Waals surface area contributed by atoms with Crippen LogP contribution in [0.4, 0.5) is 19.3 Å². The van der Waals surface area contributed by atoms with Crippen molar-refractivity contribution in [3.05, 3.63) is 28.8 Å². The van der Waals surface area contributed by atoms with Gasteiger partial charge in [0.1, 0.15) is 0 Å². The monoisotopic (exact) mass is 374 g/mol. The highest BCUT2D eigenvalue weighted by Gasteiger charge is 2.35. The van der Waals surface area contributed by atoms with Crippen LogP contribution in [0.15, 0.2) is 18.2 Å². The van der Waals surface area contributed by atoms with E-state index < -0.39 is 17.9 Å². The van der Waals surface area contributed by atoms with Gasteiger partial charge in [0, 0.05) is 31.5 Å². The molecule has 0 radical (unpaired) electrons. The van der Waals surface area contributed by atoms with Crippen LogP contribution in [0.3, 0.4) is 0 Å². The van der Waals surface area contributed by atoms with Crippen molar-refractivity contribution in [2.45, 2.75) is 31.6 Å². The van der Waals surface area contributed by atoms with Crippen LogP contribution < -0.4 is 5.32 Å². The van der Waals surface area contributed by atoms with E-state index >= 15 is 0 Å². The Kier molecular flexibility index (Phi) is 6.21. The lowest BCUT2D eigenvalue weighted by atomic mass is 9.86. The second-order valence-electron chi connectivity index (χ2n) is 6.29. The lowest BCUT2D eigenvalue weighted by Crippen LogP contribution is -2.38. The Morgan fingerprint density at radius 2 is 2.00 bits per heavy atom. The van der Waals surface area contributed by atoms with Gasteiger partial charge >= 0.3 is 12.0 Å². The van der Waals surface area contributed by atoms with Gasteiger partial charge in [-0.25, -0.2) is 18.4 Å². The van der Waals surface area contributed by atoms with Crippen molar-refractivity contribution >= 4 is 29.3 Å². The molecule has 0 spiro atoms. The molecule has 1 aliphatic carbocycles. The van der Waals surface area contributed by atoms with Gasteiger partial charge in [0.15, 0.2) is 0 Å². The number of anilines is 1. The summed E-state index contributed by atoms with van der Waals surface area (Å²) < 4.78 is 31.1. The zero-order valence-electron chi connectivity index (χ0n) is 14.2. The molecule has 0 saturated heterocycles. The number of carbonyl (C=O) groups excluding carboxylic acids is 2. The minimum Gasteiger partial charge on any atom is -0.465 e. The fourth-order valence-corrected chi connectivity index (χ4v) is 3.04. The predicted molar refractivity (Wildman–Crippen MR) is 91.3 cm³/mol. The Bertz CT molecular complexity index is 645. The number of ether oxygens (including phenoxy) is 1. The third-order valence-corrected chi connectivity index (χ3v) is 4.58. The summed E-state index contributed by atoms with van der Waals surface area (Å²) in [5, 5.41) is 2.98. The van der Waals surface area contributed by atoms with Crippen LogP contribution in [0.2, 0.25) is 5.02 Å². The molecule has 2 amide bonds. The van der Waals surface area contributed by atoms with Crippen molar-refractivity contribution in [2.24, 2.45) is 5.92 Å². The molecule has 0 aliphatic heterocycles. The topological polar surface area (TPSA) is 58.6 Å². The summed E-state index contributed by atoms with van der Waals surface area (Å²) in [6, 6.07) is 4.05. The van der Waals surface area contributed by atoms with E-state index in [2.05, 4.69) is 10.1 Å². The van der Waals surface area contributed by atoms with Crippen molar-refractivity contribution in [3.8, 4) is 0 Å². The molecule has 5 nitrogen and oxygen atoms in total. The third-order valence-electron chi connectivity index (χ3n) is 4.34. The molecule has 0 unspecified atom stereocenters. The fourth-order valence-electron chi connectivity index (χ4n) is 2.87. The normalized spacial score (nSPS) is 17.0. The quantitative estimate of drug-likeness (QED) is 0.794. The van der Waals surface area contributed by atoms with Crippen LogP contribution in [0.5, 0.6) is 0 Å². The number of nitrogens with one attached hydrogen (secondary N) is 1. The van der Waals surface area contributed by atoms with Crippen LogP contribution >= 0.6 is 11.6 Å². The van der Waals surface area contributed by atoms with E-state index in [-0.39, 0.29) is 30.0 Å². The number of hydrogen-bond acceptors (Lipinski definition) is 3. The van der Waals surface area contributed by atoms with Crippen LogP contribution in [-0.4, -0.2) is 43.5 Å². The minimum atomic E-state index is -2.59. The lowest BCUT2D eigenvalue weighted by molar-refractivity contribution is -0.0472. The van der Waals surface area contributed by atoms with Crippen molar-refractivity contribution in [1.82, 2.24) is 4.90 Å². The molecule has 1 N–H and O–H groups in total. The SMILES string of the molecule is COC(=O)c1cc(Cl)ccc1NC(=O)N(C)CC1CCC(F)(F)CC1. The first-order valence-electron chi connectivity index (χ1n) is 7.99. The Morgan fingerprint density at radius 3 is 2.60 bits per heavy atom. The number of alkyl halides is 2. The Labute approximate surface area is 150 Å². The summed E-state index contributed by atoms with van der Waals surface area (Å²) in [5.74, 6) is -3.16. The molecule has 1 aromatic rings. The van der Waals surface area contributed by atoms with Gasteiger partial charge in [0.05, 0.1) is 18.4 Å². The van der Waals surface area contributed by atoms with Gasteiger partial charge in [0.25, 0.3) is 0 Å². The molecule has 1 aliphatic rings. The molecule has 1 fully saturated rings. The molecule has 8 heteroatoms. The van der Waals surface area contributed by atoms with E-state index in [0.29, 0.717) is 24.4 Å². The summed E-state index contributed by atoms with van der Waals surface area (Å²) in [6.45, 7) is 0.378. The first-order valence-corrected chi connectivity index (χ1v) is 8.37. The van der Waals surface area contributed by atoms with E-state index in [4.69, 9.17) is 11.6 Å². The van der Waals surface area contributed by atoms with Crippen molar-refractivity contribution in [3.63, 3.8) is 0 Å². The molecular formula is C17H21ClF2N2O3. The average Bonchev–Trinajstić information content (AvgIpc) is 2.57. The van der Waals surface area contributed by atoms with Crippen molar-refractivity contribution in [1.29, 1.82) is 0 Å². The van der Waals surface area contributed by atoms with Crippen LogP contribution in [0.25, 0.3) is 0 Å². The second-order valence-corrected chi connectivity index (χ2v) is 6.73. The number of carbonyl (C=O) groups is 2. The number of amides is 2. The molecule has 1 saturated carbocycles. The highest BCUT2D eigenvalue weighted by molar-refractivity contribution is 6.31. The first kappa shape index (κ1) is 19.4. The highest BCUT2D eigenvalue weighted by atomic mass is 35.5. The maximum absolute atomic E-state index is 13.2. The van der Waals surface area contributed by atoms with E-state index in [1.54, 1.807) is 13.1 Å². The number of methoxy groups -OCH3 is 1. The maximum atomic E-state index is 13.2. The highest BCUT2D eigenvalue weighted by Crippen LogP contribution is 2.36. The zero-order valence-corrected chi connectivity index (χ0v) is 14.9. The van der Waals surface area contributed by atoms with Gasteiger partial charge in [-0.2, -0.15) is 0 Å². The number of hydrogen-bond donors (Lipinski definition) is 1. The largest absolute Gasteiger partial charge is 0.465 e. The second kappa shape index (κ2) is 7.99. The molecule has 2 rings (SSSR count). The number of esters is 1. The average molecular weight is 375 g/mol. The number of urea groups is 1. The summed E-state index contributed by atoms with van der Waals surface area (Å²) >= 11 is 5.88. The minimum absolute atomic E-state index is 0.0423. The number of rotatable bonds is 4. The van der Waals surface area contributed by atoms with E-state index in [0.717, 1.165) is 0 Å². The zero-order chi connectivity index (χ0) is 18.6. The molecule has 0 atom stereocenters. The lowest BCUT2D eigenvalue weighted by Gasteiger charge is -2.31. The van der Waals surface area contributed by atoms with E-state index in [1.807, 2.05) is 0 Å². The van der Waals surface area contributed by atoms with Gasteiger partial charge in [-0.3, -0.25) is 0 Å². The Hall–Kier alpha value is -1.89. The number of nitrogens with zero attached hydrogens (tertiary/aromatic N) is 1. The third kappa shape index (κ3) is 5.29. The smallest absolute Gasteiger partial charge is 0.340 e. The summed E-state index contributed by atoms with van der Waals surface area (Å²) in [4.78, 5) is 25.6. The predicted octanol–water partition coefficient (Wildman–Crippen LogP) is 4.42. The molecule has 1 aromatic carbocycles. The molecule has 138 valence electrons. The maximum Gasteiger partial charge on any atom is 0.340 e. The molecule has 0 heterocycles. The van der Waals surface area contributed by atoms with Gasteiger partial charge in [-0.15, -0.1) is 0 Å². The number of halogens is 3. The van der Waals surface area contributed by atoms with Gasteiger partial charge in [0.2, 0.25) is 5.92 Å². The van der Waals surface area contributed by atoms with Gasteiger partial charge < -0.3 is 15.0 Å². The fraction of sp³-hybridized carbons (Fsp3) is 0.529. The molecule has 25 heavy (non-hydrogen) atoms. The number of benzene rings is 1. The molecule has 0 bridgehead atoms. The summed E-state index contributed by atoms with van der Waals surface area (Å²) in [7, 11) is 2.83. The first-order chi connectivity index (χ1) is 11.7. The summed E-state index contributed by atoms with van der Waals surface area (Å²) in [6.07, 6.45) is 0.492. The van der Waals surface area contributed by atoms with Crippen molar-refractivity contribution < 1.29 is 23.1 Å². The van der Waals surface area contributed by atoms with Gasteiger partial charge in [-0.05, 0) is 37.0 Å². The Morgan fingerprint density at radius 1 is 1.36 bits per heavy atom. The van der Waals surface area contributed by atoms with Crippen LogP contribution in [-0.2, 0) is 4.74 Å². The summed E-state index contributed by atoms with van der Waals surface area (Å²) in [5.41, 5.74) is 0.428. The van der Waals surface area contributed by atoms with Gasteiger partial charge in [-0.1, -0.05) is 11.6 Å². The molecular weight excluding hydrogens is 354 g/mol. The Balaban J connectivity index is 1.98.